The Hall–Kier alpha value is -1.90. The fourth-order valence-corrected chi connectivity index (χ4v) is 0.656. The lowest BCUT2D eigenvalue weighted by atomic mass is 10.5. The number of carbonyl (C=O) groups is 1. The van der Waals surface area contributed by atoms with Gasteiger partial charge in [-0.1, -0.05) is 0 Å². The van der Waals surface area contributed by atoms with E-state index in [4.69, 9.17) is 5.26 Å². The van der Waals surface area contributed by atoms with Gasteiger partial charge in [-0.15, -0.1) is 0 Å². The summed E-state index contributed by atoms with van der Waals surface area (Å²) in [5, 5.41) is 14.2. The van der Waals surface area contributed by atoms with Gasteiger partial charge >= 0.3 is 0 Å². The van der Waals surface area contributed by atoms with Crippen molar-refractivity contribution in [3.63, 3.8) is 0 Å². The average Bonchev–Trinajstić information content (AvgIpc) is 2.53. The lowest BCUT2D eigenvalue weighted by molar-refractivity contribution is -0.121. The predicted molar refractivity (Wildman–Crippen MR) is 38.6 cm³/mol. The molecular weight excluding hydrogens is 158 g/mol. The summed E-state index contributed by atoms with van der Waals surface area (Å²) in [5.74, 6) is -0.248. The fraction of sp³-hybridized carbons (Fsp3) is 0.333. The van der Waals surface area contributed by atoms with Crippen molar-refractivity contribution in [3.05, 3.63) is 12.7 Å². The Morgan fingerprint density at radius 1 is 1.75 bits per heavy atom. The summed E-state index contributed by atoms with van der Waals surface area (Å²) in [4.78, 5) is 14.6. The normalized spacial score (nSPS) is 8.92. The van der Waals surface area contributed by atoms with Crippen molar-refractivity contribution in [1.29, 1.82) is 5.26 Å². The third-order valence-electron chi connectivity index (χ3n) is 1.14. The minimum atomic E-state index is -0.248. The van der Waals surface area contributed by atoms with Crippen LogP contribution in [-0.4, -0.2) is 27.2 Å². The van der Waals surface area contributed by atoms with E-state index in [1.807, 2.05) is 0 Å². The molecule has 1 aromatic rings. The molecule has 1 rings (SSSR count). The maximum absolute atomic E-state index is 10.9. The zero-order valence-corrected chi connectivity index (χ0v) is 6.27. The second kappa shape index (κ2) is 4.08. The van der Waals surface area contributed by atoms with Gasteiger partial charge in [-0.25, -0.2) is 9.67 Å². The summed E-state index contributed by atoms with van der Waals surface area (Å²) in [6.45, 7) is 0.120. The van der Waals surface area contributed by atoms with Gasteiger partial charge < -0.3 is 5.32 Å². The summed E-state index contributed by atoms with van der Waals surface area (Å²) >= 11 is 0. The van der Waals surface area contributed by atoms with Crippen molar-refractivity contribution >= 4 is 5.91 Å². The standard InChI is InChI=1S/C6H7N5O/c7-1-2-9-6(12)3-11-5-8-4-10-11/h4-5H,2-3H2,(H,9,12). The van der Waals surface area contributed by atoms with Crippen LogP contribution in [0.4, 0.5) is 0 Å². The molecule has 0 aliphatic rings. The molecule has 6 heteroatoms. The van der Waals surface area contributed by atoms with Gasteiger partial charge in [-0.3, -0.25) is 4.79 Å². The van der Waals surface area contributed by atoms with Gasteiger partial charge in [0.25, 0.3) is 0 Å². The highest BCUT2D eigenvalue weighted by Gasteiger charge is 2.00. The first-order valence-corrected chi connectivity index (χ1v) is 3.29. The van der Waals surface area contributed by atoms with Gasteiger partial charge in [-0.05, 0) is 0 Å². The molecule has 0 radical (unpaired) electrons. The van der Waals surface area contributed by atoms with Crippen LogP contribution in [0.1, 0.15) is 0 Å². The lowest BCUT2D eigenvalue weighted by Crippen LogP contribution is -2.27. The van der Waals surface area contributed by atoms with Gasteiger partial charge in [-0.2, -0.15) is 10.4 Å². The number of nitriles is 1. The molecule has 0 fully saturated rings. The highest BCUT2D eigenvalue weighted by atomic mass is 16.2. The minimum Gasteiger partial charge on any atom is -0.341 e. The van der Waals surface area contributed by atoms with E-state index >= 15 is 0 Å². The Labute approximate surface area is 68.8 Å². The van der Waals surface area contributed by atoms with Crippen LogP contribution in [-0.2, 0) is 11.3 Å². The second-order valence-electron chi connectivity index (χ2n) is 2.03. The predicted octanol–water partition coefficient (Wildman–Crippen LogP) is -1.08. The smallest absolute Gasteiger partial charge is 0.242 e. The molecule has 0 aliphatic carbocycles. The number of rotatable bonds is 3. The van der Waals surface area contributed by atoms with Crippen molar-refractivity contribution < 1.29 is 4.79 Å². The maximum Gasteiger partial charge on any atom is 0.242 e. The van der Waals surface area contributed by atoms with E-state index in [1.54, 1.807) is 6.07 Å². The molecule has 12 heavy (non-hydrogen) atoms. The van der Waals surface area contributed by atoms with Crippen LogP contribution < -0.4 is 5.32 Å². The summed E-state index contributed by atoms with van der Waals surface area (Å²) in [6, 6.07) is 1.80. The van der Waals surface area contributed by atoms with Gasteiger partial charge in [0.1, 0.15) is 25.7 Å². The van der Waals surface area contributed by atoms with Crippen molar-refractivity contribution in [2.75, 3.05) is 6.54 Å². The number of nitrogens with one attached hydrogen (secondary N) is 1. The van der Waals surface area contributed by atoms with Crippen molar-refractivity contribution in [3.8, 4) is 6.07 Å². The van der Waals surface area contributed by atoms with Gasteiger partial charge in [0, 0.05) is 0 Å². The quantitative estimate of drug-likeness (QED) is 0.577. The largest absolute Gasteiger partial charge is 0.341 e. The van der Waals surface area contributed by atoms with E-state index < -0.39 is 0 Å². The van der Waals surface area contributed by atoms with Crippen LogP contribution in [0.2, 0.25) is 0 Å². The number of hydrogen-bond donors (Lipinski definition) is 1. The molecule has 0 aromatic carbocycles. The molecule has 0 saturated heterocycles. The van der Waals surface area contributed by atoms with Crippen LogP contribution in [0.3, 0.4) is 0 Å². The highest BCUT2D eigenvalue weighted by molar-refractivity contribution is 5.75. The van der Waals surface area contributed by atoms with Crippen LogP contribution in [0.5, 0.6) is 0 Å². The Morgan fingerprint density at radius 2 is 2.58 bits per heavy atom. The molecule has 1 N–H and O–H groups in total. The first-order valence-electron chi connectivity index (χ1n) is 3.29. The number of carbonyl (C=O) groups excluding carboxylic acids is 1. The topological polar surface area (TPSA) is 83.6 Å². The fourth-order valence-electron chi connectivity index (χ4n) is 0.656. The van der Waals surface area contributed by atoms with Crippen molar-refractivity contribution in [1.82, 2.24) is 20.1 Å². The Balaban J connectivity index is 2.33. The molecule has 6 nitrogen and oxygen atoms in total. The first-order chi connectivity index (χ1) is 5.83. The summed E-state index contributed by atoms with van der Waals surface area (Å²) in [7, 11) is 0. The lowest BCUT2D eigenvalue weighted by Gasteiger charge is -1.98. The molecule has 0 aliphatic heterocycles. The zero-order chi connectivity index (χ0) is 8.81. The third-order valence-corrected chi connectivity index (χ3v) is 1.14. The Kier molecular flexibility index (Phi) is 2.79. The molecule has 1 heterocycles. The number of hydrogen-bond acceptors (Lipinski definition) is 4. The molecule has 0 spiro atoms. The second-order valence-corrected chi connectivity index (χ2v) is 2.03. The zero-order valence-electron chi connectivity index (χ0n) is 6.27. The summed E-state index contributed by atoms with van der Waals surface area (Å²) in [6.07, 6.45) is 2.78. The van der Waals surface area contributed by atoms with E-state index in [0.717, 1.165) is 0 Å². The molecular formula is C6H7N5O. The highest BCUT2D eigenvalue weighted by Crippen LogP contribution is 1.79. The molecule has 1 amide bonds. The minimum absolute atomic E-state index is 0.0214. The monoisotopic (exact) mass is 165 g/mol. The van der Waals surface area contributed by atoms with Gasteiger partial charge in [0.05, 0.1) is 6.07 Å². The number of amides is 1. The molecule has 62 valence electrons. The van der Waals surface area contributed by atoms with Crippen LogP contribution in [0.25, 0.3) is 0 Å². The van der Waals surface area contributed by atoms with E-state index in [2.05, 4.69) is 15.4 Å². The Morgan fingerprint density at radius 3 is 3.17 bits per heavy atom. The summed E-state index contributed by atoms with van der Waals surface area (Å²) < 4.78 is 1.38. The first kappa shape index (κ1) is 8.20. The van der Waals surface area contributed by atoms with Crippen LogP contribution in [0, 0.1) is 11.3 Å². The van der Waals surface area contributed by atoms with Gasteiger partial charge in [0.15, 0.2) is 0 Å². The Bertz CT molecular complexity index is 285. The SMILES string of the molecule is N#CCNC(=O)Cn1cncn1. The number of aromatic nitrogens is 3. The molecule has 1 aromatic heterocycles. The van der Waals surface area contributed by atoms with Crippen molar-refractivity contribution in [2.24, 2.45) is 0 Å². The summed E-state index contributed by atoms with van der Waals surface area (Å²) in [5.41, 5.74) is 0. The van der Waals surface area contributed by atoms with E-state index in [0.29, 0.717) is 0 Å². The van der Waals surface area contributed by atoms with Crippen LogP contribution >= 0.6 is 0 Å². The molecule has 0 bridgehead atoms. The average molecular weight is 165 g/mol. The molecule has 0 unspecified atom stereocenters. The van der Waals surface area contributed by atoms with E-state index in [-0.39, 0.29) is 19.0 Å². The van der Waals surface area contributed by atoms with Crippen molar-refractivity contribution in [2.45, 2.75) is 6.54 Å². The number of nitrogens with zero attached hydrogens (tertiary/aromatic N) is 4. The van der Waals surface area contributed by atoms with Crippen LogP contribution in [0.15, 0.2) is 12.7 Å². The maximum atomic E-state index is 10.9. The van der Waals surface area contributed by atoms with Gasteiger partial charge in [0.2, 0.25) is 5.91 Å². The van der Waals surface area contributed by atoms with E-state index in [9.17, 15) is 4.79 Å². The molecule has 0 atom stereocenters. The van der Waals surface area contributed by atoms with E-state index in [1.165, 1.54) is 17.3 Å². The third kappa shape index (κ3) is 2.38. The molecule has 0 saturated carbocycles.